The first-order valence-electron chi connectivity index (χ1n) is 5.43. The highest BCUT2D eigenvalue weighted by Gasteiger charge is 2.26. The van der Waals surface area contributed by atoms with Crippen LogP contribution in [0.4, 0.5) is 14.5 Å². The average molecular weight is 311 g/mol. The second-order valence-electron chi connectivity index (χ2n) is 4.02. The van der Waals surface area contributed by atoms with Crippen molar-refractivity contribution in [3.8, 4) is 0 Å². The average Bonchev–Trinajstić information content (AvgIpc) is 2.36. The van der Waals surface area contributed by atoms with Gasteiger partial charge >= 0.3 is 5.76 Å². The molecule has 0 spiro atoms. The van der Waals surface area contributed by atoms with Gasteiger partial charge in [-0.2, -0.15) is 8.78 Å². The predicted molar refractivity (Wildman–Crippen MR) is 71.6 cm³/mol. The van der Waals surface area contributed by atoms with Crippen LogP contribution in [0, 0.1) is 0 Å². The molecule has 0 saturated carbocycles. The summed E-state index contributed by atoms with van der Waals surface area (Å²) in [5, 5.41) is 2.89. The molecule has 2 unspecified atom stereocenters. The van der Waals surface area contributed by atoms with Crippen LogP contribution in [0.25, 0.3) is 0 Å². The molecule has 1 N–H and O–H groups in total. The summed E-state index contributed by atoms with van der Waals surface area (Å²) in [7, 11) is -5.51. The van der Waals surface area contributed by atoms with Crippen LogP contribution in [0.1, 0.15) is 6.92 Å². The molecule has 1 aromatic rings. The van der Waals surface area contributed by atoms with Gasteiger partial charge in [0.2, 0.25) is 9.84 Å². The van der Waals surface area contributed by atoms with E-state index in [4.69, 9.17) is 0 Å². The topological polar surface area (TPSA) is 63.2 Å². The highest BCUT2D eigenvalue weighted by atomic mass is 32.2. The molecule has 1 rings (SSSR count). The Morgan fingerprint density at radius 2 is 1.79 bits per heavy atom. The molecule has 1 aromatic carbocycles. The maximum absolute atomic E-state index is 12.3. The van der Waals surface area contributed by atoms with Crippen molar-refractivity contribution < 1.29 is 21.4 Å². The number of hydrogen-bond acceptors (Lipinski definition) is 4. The summed E-state index contributed by atoms with van der Waals surface area (Å²) in [6.45, 7) is 2.25. The van der Waals surface area contributed by atoms with Gasteiger partial charge in [0.05, 0.1) is 4.90 Å². The second kappa shape index (κ2) is 6.42. The lowest BCUT2D eigenvalue weighted by molar-refractivity contribution is 0.234. The number of nitrogens with one attached hydrogen (secondary N) is 1. The van der Waals surface area contributed by atoms with Gasteiger partial charge in [-0.25, -0.2) is 8.42 Å². The van der Waals surface area contributed by atoms with Crippen molar-refractivity contribution in [3.63, 3.8) is 0 Å². The number of rotatable bonds is 6. The van der Waals surface area contributed by atoms with Crippen molar-refractivity contribution in [2.75, 3.05) is 18.1 Å². The second-order valence-corrected chi connectivity index (χ2v) is 7.74. The van der Waals surface area contributed by atoms with E-state index in [0.717, 1.165) is 12.1 Å². The summed E-state index contributed by atoms with van der Waals surface area (Å²) in [5.74, 6) is -3.42. The third kappa shape index (κ3) is 4.24. The number of sulfone groups is 1. The molecule has 0 aliphatic carbocycles. The molecular weight excluding hydrogens is 296 g/mol. The summed E-state index contributed by atoms with van der Waals surface area (Å²) in [4.78, 5) is -0.417. The number of alkyl halides is 2. The number of anilines is 1. The van der Waals surface area contributed by atoms with Crippen molar-refractivity contribution >= 4 is 26.3 Å². The fraction of sp³-hybridized carbons (Fsp3) is 0.455. The lowest BCUT2D eigenvalue weighted by atomic mass is 10.3. The van der Waals surface area contributed by atoms with Gasteiger partial charge < -0.3 is 5.32 Å². The standard InChI is InChI=1S/C11H15F2NO3S2/c1-8(18(2)15)7-14-9-3-5-10(6-4-9)19(16,17)11(12)13/h3-6,8,11,14H,7H2,1-2H3. The van der Waals surface area contributed by atoms with E-state index in [1.807, 2.05) is 0 Å². The molecular formula is C11H15F2NO3S2. The monoisotopic (exact) mass is 311 g/mol. The first-order chi connectivity index (χ1) is 8.75. The summed E-state index contributed by atoms with van der Waals surface area (Å²) in [6.07, 6.45) is 1.59. The Bertz CT molecular complexity index is 544. The summed E-state index contributed by atoms with van der Waals surface area (Å²) in [6, 6.07) is 5.05. The van der Waals surface area contributed by atoms with Crippen molar-refractivity contribution in [2.24, 2.45) is 0 Å². The Kier molecular flexibility index (Phi) is 5.42. The van der Waals surface area contributed by atoms with Crippen LogP contribution < -0.4 is 5.32 Å². The normalized spacial score (nSPS) is 15.2. The Morgan fingerprint density at radius 1 is 1.26 bits per heavy atom. The fourth-order valence-electron chi connectivity index (χ4n) is 1.24. The van der Waals surface area contributed by atoms with E-state index >= 15 is 0 Å². The Hall–Kier alpha value is -1.02. The number of halogens is 2. The molecule has 0 aliphatic heterocycles. The van der Waals surface area contributed by atoms with Gasteiger partial charge in [0, 0.05) is 34.5 Å². The maximum atomic E-state index is 12.3. The van der Waals surface area contributed by atoms with Gasteiger partial charge in [0.15, 0.2) is 0 Å². The molecule has 19 heavy (non-hydrogen) atoms. The van der Waals surface area contributed by atoms with E-state index in [9.17, 15) is 21.4 Å². The lowest BCUT2D eigenvalue weighted by Crippen LogP contribution is -2.20. The summed E-state index contributed by atoms with van der Waals surface area (Å²) in [5.41, 5.74) is 0.588. The van der Waals surface area contributed by atoms with Crippen LogP contribution in [-0.4, -0.2) is 36.4 Å². The zero-order chi connectivity index (χ0) is 14.6. The van der Waals surface area contributed by atoms with Crippen LogP contribution in [0.15, 0.2) is 29.2 Å². The van der Waals surface area contributed by atoms with Crippen LogP contribution in [0.2, 0.25) is 0 Å². The van der Waals surface area contributed by atoms with E-state index in [1.54, 1.807) is 13.2 Å². The number of hydrogen-bond donors (Lipinski definition) is 1. The highest BCUT2D eigenvalue weighted by Crippen LogP contribution is 2.20. The van der Waals surface area contributed by atoms with Gasteiger partial charge in [-0.15, -0.1) is 0 Å². The van der Waals surface area contributed by atoms with E-state index in [-0.39, 0.29) is 5.25 Å². The molecule has 0 fully saturated rings. The van der Waals surface area contributed by atoms with Crippen molar-refractivity contribution in [1.29, 1.82) is 0 Å². The van der Waals surface area contributed by atoms with E-state index in [0.29, 0.717) is 12.2 Å². The van der Waals surface area contributed by atoms with Crippen LogP contribution in [0.3, 0.4) is 0 Å². The maximum Gasteiger partial charge on any atom is 0.341 e. The molecule has 0 amide bonds. The van der Waals surface area contributed by atoms with Crippen molar-refractivity contribution in [3.05, 3.63) is 24.3 Å². The largest absolute Gasteiger partial charge is 0.384 e. The Balaban J connectivity index is 2.75. The number of benzene rings is 1. The van der Waals surface area contributed by atoms with Crippen molar-refractivity contribution in [2.45, 2.75) is 22.8 Å². The smallest absolute Gasteiger partial charge is 0.341 e. The predicted octanol–water partition coefficient (Wildman–Crippen LogP) is 1.86. The summed E-state index contributed by atoms with van der Waals surface area (Å²) >= 11 is 0. The zero-order valence-corrected chi connectivity index (χ0v) is 12.1. The van der Waals surface area contributed by atoms with Crippen LogP contribution in [-0.2, 0) is 20.6 Å². The Labute approximate surface area is 113 Å². The minimum atomic E-state index is -4.55. The van der Waals surface area contributed by atoms with E-state index in [2.05, 4.69) is 5.32 Å². The van der Waals surface area contributed by atoms with Gasteiger partial charge in [-0.1, -0.05) is 0 Å². The van der Waals surface area contributed by atoms with Crippen molar-refractivity contribution in [1.82, 2.24) is 0 Å². The first-order valence-corrected chi connectivity index (χ1v) is 8.60. The first kappa shape index (κ1) is 16.0. The SMILES string of the molecule is CC(CNc1ccc(S(=O)(=O)C(F)F)cc1)S(C)=O. The molecule has 0 radical (unpaired) electrons. The van der Waals surface area contributed by atoms with Gasteiger partial charge in [0.25, 0.3) is 0 Å². The lowest BCUT2D eigenvalue weighted by Gasteiger charge is -2.11. The molecule has 0 bridgehead atoms. The highest BCUT2D eigenvalue weighted by molar-refractivity contribution is 7.91. The molecule has 0 aliphatic rings. The molecule has 0 aromatic heterocycles. The van der Waals surface area contributed by atoms with Crippen LogP contribution in [0.5, 0.6) is 0 Å². The fourth-order valence-corrected chi connectivity index (χ4v) is 2.28. The van der Waals surface area contributed by atoms with E-state index in [1.165, 1.54) is 12.1 Å². The molecule has 108 valence electrons. The Morgan fingerprint density at radius 3 is 2.21 bits per heavy atom. The molecule has 8 heteroatoms. The third-order valence-corrected chi connectivity index (χ3v) is 5.28. The quantitative estimate of drug-likeness (QED) is 0.871. The minimum absolute atomic E-state index is 0.0653. The summed E-state index contributed by atoms with van der Waals surface area (Å²) < 4.78 is 58.1. The van der Waals surface area contributed by atoms with E-state index < -0.39 is 31.3 Å². The van der Waals surface area contributed by atoms with Gasteiger partial charge in [0.1, 0.15) is 0 Å². The van der Waals surface area contributed by atoms with Gasteiger partial charge in [-0.05, 0) is 31.2 Å². The zero-order valence-electron chi connectivity index (χ0n) is 10.5. The molecule has 2 atom stereocenters. The van der Waals surface area contributed by atoms with Gasteiger partial charge in [-0.3, -0.25) is 4.21 Å². The molecule has 0 saturated heterocycles. The molecule has 4 nitrogen and oxygen atoms in total. The minimum Gasteiger partial charge on any atom is -0.384 e. The molecule has 0 heterocycles. The van der Waals surface area contributed by atoms with Crippen LogP contribution >= 0.6 is 0 Å². The third-order valence-electron chi connectivity index (χ3n) is 2.58.